The highest BCUT2D eigenvalue weighted by molar-refractivity contribution is 5.95. The molecule has 5 nitrogen and oxygen atoms in total. The number of nitrogens with one attached hydrogen (secondary N) is 1. The Bertz CT molecular complexity index is 799. The molecule has 1 aliphatic rings. The number of anilines is 1. The standard InChI is InChI=1S/C21H24N2O3/c1-15-5-10-19(16(2)12-15)26-14-20(24)22-13-17-6-8-18(9-7-17)23-11-3-4-21(23)25/h5-10,12H,3-4,11,13-14H2,1-2H3,(H,22,24). The maximum atomic E-state index is 12.0. The molecule has 2 aromatic rings. The predicted molar refractivity (Wildman–Crippen MR) is 101 cm³/mol. The Labute approximate surface area is 154 Å². The molecular weight excluding hydrogens is 328 g/mol. The van der Waals surface area contributed by atoms with Gasteiger partial charge in [-0.15, -0.1) is 0 Å². The molecule has 1 heterocycles. The summed E-state index contributed by atoms with van der Waals surface area (Å²) in [5.74, 6) is 0.740. The normalized spacial score (nSPS) is 13.8. The molecule has 1 fully saturated rings. The van der Waals surface area contributed by atoms with Crippen molar-refractivity contribution in [1.82, 2.24) is 5.32 Å². The van der Waals surface area contributed by atoms with E-state index in [0.29, 0.717) is 13.0 Å². The molecule has 26 heavy (non-hydrogen) atoms. The number of rotatable bonds is 6. The maximum absolute atomic E-state index is 12.0. The molecular formula is C21H24N2O3. The summed E-state index contributed by atoms with van der Waals surface area (Å²) >= 11 is 0. The minimum atomic E-state index is -0.163. The smallest absolute Gasteiger partial charge is 0.258 e. The molecule has 136 valence electrons. The van der Waals surface area contributed by atoms with Crippen LogP contribution in [0.1, 0.15) is 29.5 Å². The van der Waals surface area contributed by atoms with Crippen LogP contribution in [-0.2, 0) is 16.1 Å². The first kappa shape index (κ1) is 18.0. The lowest BCUT2D eigenvalue weighted by atomic mass is 10.1. The summed E-state index contributed by atoms with van der Waals surface area (Å²) in [6.07, 6.45) is 1.54. The number of amides is 2. The van der Waals surface area contributed by atoms with Crippen LogP contribution in [0.15, 0.2) is 42.5 Å². The van der Waals surface area contributed by atoms with Gasteiger partial charge in [0.25, 0.3) is 5.91 Å². The van der Waals surface area contributed by atoms with Crippen LogP contribution in [-0.4, -0.2) is 25.0 Å². The van der Waals surface area contributed by atoms with E-state index in [2.05, 4.69) is 5.32 Å². The molecule has 0 radical (unpaired) electrons. The quantitative estimate of drug-likeness (QED) is 0.869. The van der Waals surface area contributed by atoms with E-state index < -0.39 is 0 Å². The molecule has 3 rings (SSSR count). The molecule has 0 bridgehead atoms. The summed E-state index contributed by atoms with van der Waals surface area (Å²) in [5, 5.41) is 2.85. The van der Waals surface area contributed by atoms with Crippen LogP contribution in [0.4, 0.5) is 5.69 Å². The highest BCUT2D eigenvalue weighted by atomic mass is 16.5. The van der Waals surface area contributed by atoms with Crippen molar-refractivity contribution < 1.29 is 14.3 Å². The Morgan fingerprint density at radius 3 is 2.58 bits per heavy atom. The van der Waals surface area contributed by atoms with Crippen molar-refractivity contribution in [2.24, 2.45) is 0 Å². The van der Waals surface area contributed by atoms with Gasteiger partial charge in [-0.2, -0.15) is 0 Å². The predicted octanol–water partition coefficient (Wildman–Crippen LogP) is 3.13. The topological polar surface area (TPSA) is 58.6 Å². The van der Waals surface area contributed by atoms with Crippen LogP contribution in [0.3, 0.4) is 0 Å². The molecule has 0 atom stereocenters. The second-order valence-corrected chi connectivity index (χ2v) is 6.65. The fourth-order valence-electron chi connectivity index (χ4n) is 3.07. The third-order valence-corrected chi connectivity index (χ3v) is 4.50. The SMILES string of the molecule is Cc1ccc(OCC(=O)NCc2ccc(N3CCCC3=O)cc2)c(C)c1. The first-order valence-corrected chi connectivity index (χ1v) is 8.89. The van der Waals surface area contributed by atoms with Crippen molar-refractivity contribution in [2.45, 2.75) is 33.2 Å². The zero-order valence-electron chi connectivity index (χ0n) is 15.2. The summed E-state index contributed by atoms with van der Waals surface area (Å²) in [6.45, 7) is 5.19. The number of ether oxygens (including phenoxy) is 1. The molecule has 1 N–H and O–H groups in total. The molecule has 0 saturated carbocycles. The molecule has 2 aromatic carbocycles. The van der Waals surface area contributed by atoms with Crippen LogP contribution in [0.25, 0.3) is 0 Å². The molecule has 0 unspecified atom stereocenters. The summed E-state index contributed by atoms with van der Waals surface area (Å²) in [7, 11) is 0. The molecule has 1 aliphatic heterocycles. The lowest BCUT2D eigenvalue weighted by molar-refractivity contribution is -0.123. The van der Waals surface area contributed by atoms with Gasteiger partial charge in [-0.1, -0.05) is 29.8 Å². The van der Waals surface area contributed by atoms with Crippen LogP contribution in [0, 0.1) is 13.8 Å². The number of benzene rings is 2. The van der Waals surface area contributed by atoms with Crippen molar-refractivity contribution in [3.63, 3.8) is 0 Å². The van der Waals surface area contributed by atoms with Gasteiger partial charge in [-0.3, -0.25) is 9.59 Å². The van der Waals surface area contributed by atoms with E-state index in [1.165, 1.54) is 5.56 Å². The van der Waals surface area contributed by atoms with E-state index in [1.54, 1.807) is 4.90 Å². The van der Waals surface area contributed by atoms with Gasteiger partial charge in [0, 0.05) is 25.2 Å². The lowest BCUT2D eigenvalue weighted by Gasteiger charge is -2.16. The number of carbonyl (C=O) groups is 2. The first-order valence-electron chi connectivity index (χ1n) is 8.89. The molecule has 0 spiro atoms. The van der Waals surface area contributed by atoms with E-state index in [9.17, 15) is 9.59 Å². The van der Waals surface area contributed by atoms with E-state index >= 15 is 0 Å². The average molecular weight is 352 g/mol. The fourth-order valence-corrected chi connectivity index (χ4v) is 3.07. The Hall–Kier alpha value is -2.82. The van der Waals surface area contributed by atoms with E-state index in [-0.39, 0.29) is 18.4 Å². The first-order chi connectivity index (χ1) is 12.5. The van der Waals surface area contributed by atoms with Crippen molar-refractivity contribution in [1.29, 1.82) is 0 Å². The van der Waals surface area contributed by atoms with E-state index in [4.69, 9.17) is 4.74 Å². The Balaban J connectivity index is 1.47. The summed E-state index contributed by atoms with van der Waals surface area (Å²) in [6, 6.07) is 13.6. The lowest BCUT2D eigenvalue weighted by Crippen LogP contribution is -2.28. The minimum absolute atomic E-state index is 0.00966. The van der Waals surface area contributed by atoms with Crippen molar-refractivity contribution in [3.8, 4) is 5.75 Å². The van der Waals surface area contributed by atoms with Crippen molar-refractivity contribution >= 4 is 17.5 Å². The van der Waals surface area contributed by atoms with Crippen molar-refractivity contribution in [2.75, 3.05) is 18.1 Å². The van der Waals surface area contributed by atoms with Gasteiger partial charge in [0.05, 0.1) is 0 Å². The largest absolute Gasteiger partial charge is 0.484 e. The maximum Gasteiger partial charge on any atom is 0.258 e. The van der Waals surface area contributed by atoms with Gasteiger partial charge >= 0.3 is 0 Å². The second-order valence-electron chi connectivity index (χ2n) is 6.65. The molecule has 2 amide bonds. The number of hydrogen-bond donors (Lipinski definition) is 1. The van der Waals surface area contributed by atoms with Gasteiger partial charge in [0.1, 0.15) is 5.75 Å². The highest BCUT2D eigenvalue weighted by Gasteiger charge is 2.21. The minimum Gasteiger partial charge on any atom is -0.484 e. The average Bonchev–Trinajstić information content (AvgIpc) is 3.05. The van der Waals surface area contributed by atoms with Gasteiger partial charge in [0.2, 0.25) is 5.91 Å². The monoisotopic (exact) mass is 352 g/mol. The molecule has 0 aromatic heterocycles. The highest BCUT2D eigenvalue weighted by Crippen LogP contribution is 2.21. The molecule has 1 saturated heterocycles. The van der Waals surface area contributed by atoms with Gasteiger partial charge in [-0.05, 0) is 49.6 Å². The van der Waals surface area contributed by atoms with E-state index in [0.717, 1.165) is 35.5 Å². The van der Waals surface area contributed by atoms with Crippen LogP contribution >= 0.6 is 0 Å². The third kappa shape index (κ3) is 4.42. The number of hydrogen-bond acceptors (Lipinski definition) is 3. The summed E-state index contributed by atoms with van der Waals surface area (Å²) in [4.78, 5) is 25.6. The van der Waals surface area contributed by atoms with Gasteiger partial charge in [0.15, 0.2) is 6.61 Å². The van der Waals surface area contributed by atoms with Gasteiger partial charge in [-0.25, -0.2) is 0 Å². The number of aryl methyl sites for hydroxylation is 2. The Kier molecular flexibility index (Phi) is 5.56. The van der Waals surface area contributed by atoms with Crippen LogP contribution < -0.4 is 15.0 Å². The Morgan fingerprint density at radius 2 is 1.92 bits per heavy atom. The number of carbonyl (C=O) groups excluding carboxylic acids is 2. The van der Waals surface area contributed by atoms with E-state index in [1.807, 2.05) is 56.3 Å². The van der Waals surface area contributed by atoms with Crippen LogP contribution in [0.5, 0.6) is 5.75 Å². The zero-order valence-corrected chi connectivity index (χ0v) is 15.2. The van der Waals surface area contributed by atoms with Gasteiger partial charge < -0.3 is 15.0 Å². The fraction of sp³-hybridized carbons (Fsp3) is 0.333. The van der Waals surface area contributed by atoms with Crippen molar-refractivity contribution in [3.05, 3.63) is 59.2 Å². The summed E-state index contributed by atoms with van der Waals surface area (Å²) < 4.78 is 5.58. The Morgan fingerprint density at radius 1 is 1.15 bits per heavy atom. The number of nitrogens with zero attached hydrogens (tertiary/aromatic N) is 1. The third-order valence-electron chi connectivity index (χ3n) is 4.50. The molecule has 0 aliphatic carbocycles. The second kappa shape index (κ2) is 8.04. The summed E-state index contributed by atoms with van der Waals surface area (Å²) in [5.41, 5.74) is 4.09. The van der Waals surface area contributed by atoms with Crippen LogP contribution in [0.2, 0.25) is 0 Å². The molecule has 5 heteroatoms. The zero-order chi connectivity index (χ0) is 18.5.